The maximum Gasteiger partial charge on any atom is 0.0926 e. The molecular weight excluding hydrogens is 350 g/mol. The van der Waals surface area contributed by atoms with Gasteiger partial charge in [-0.1, -0.05) is 12.1 Å². The zero-order chi connectivity index (χ0) is 19.1. The highest BCUT2D eigenvalue weighted by atomic mass is 15.3. The molecular formula is C21H23N7. The summed E-state index contributed by atoms with van der Waals surface area (Å²) in [5.74, 6) is 0. The normalized spacial score (nSPS) is 17.0. The highest BCUT2D eigenvalue weighted by Gasteiger charge is 2.32. The number of hydrogen-bond acceptors (Lipinski definition) is 4. The second-order valence-electron chi connectivity index (χ2n) is 7.42. The summed E-state index contributed by atoms with van der Waals surface area (Å²) in [4.78, 5) is 18.1. The van der Waals surface area contributed by atoms with E-state index in [-0.39, 0.29) is 6.04 Å². The van der Waals surface area contributed by atoms with Gasteiger partial charge in [0.2, 0.25) is 0 Å². The summed E-state index contributed by atoms with van der Waals surface area (Å²) < 4.78 is 1.95. The third-order valence-corrected chi connectivity index (χ3v) is 5.50. The van der Waals surface area contributed by atoms with Crippen LogP contribution in [0.1, 0.15) is 39.9 Å². The third kappa shape index (κ3) is 2.93. The van der Waals surface area contributed by atoms with E-state index in [4.69, 9.17) is 0 Å². The first kappa shape index (κ1) is 16.9. The molecule has 1 aliphatic heterocycles. The molecule has 1 aliphatic rings. The average Bonchev–Trinajstić information content (AvgIpc) is 3.43. The van der Waals surface area contributed by atoms with Crippen molar-refractivity contribution in [3.05, 3.63) is 83.2 Å². The average molecular weight is 373 g/mol. The Morgan fingerprint density at radius 3 is 2.86 bits per heavy atom. The number of rotatable bonds is 4. The van der Waals surface area contributed by atoms with Crippen LogP contribution >= 0.6 is 0 Å². The van der Waals surface area contributed by atoms with E-state index in [0.29, 0.717) is 0 Å². The number of aromatic amines is 2. The highest BCUT2D eigenvalue weighted by Crippen LogP contribution is 2.34. The summed E-state index contributed by atoms with van der Waals surface area (Å²) >= 11 is 0. The first-order valence-corrected chi connectivity index (χ1v) is 9.55. The molecule has 0 saturated carbocycles. The number of H-pyrrole nitrogens is 2. The van der Waals surface area contributed by atoms with Crippen molar-refractivity contribution in [1.82, 2.24) is 34.6 Å². The molecule has 0 bridgehead atoms. The number of nitrogens with zero attached hydrogens (tertiary/aromatic N) is 5. The quantitative estimate of drug-likeness (QED) is 0.576. The lowest BCUT2D eigenvalue weighted by Crippen LogP contribution is -2.36. The first-order valence-electron chi connectivity index (χ1n) is 9.55. The van der Waals surface area contributed by atoms with Crippen LogP contribution in [0.25, 0.3) is 5.69 Å². The Morgan fingerprint density at radius 2 is 2.04 bits per heavy atom. The van der Waals surface area contributed by atoms with Crippen LogP contribution in [0.3, 0.4) is 0 Å². The Kier molecular flexibility index (Phi) is 4.09. The Balaban J connectivity index is 1.52. The van der Waals surface area contributed by atoms with Crippen molar-refractivity contribution in [1.29, 1.82) is 0 Å². The molecule has 7 heteroatoms. The summed E-state index contributed by atoms with van der Waals surface area (Å²) in [6, 6.07) is 8.44. The zero-order valence-electron chi connectivity index (χ0n) is 16.1. The molecule has 5 rings (SSSR count). The van der Waals surface area contributed by atoms with E-state index in [1.807, 2.05) is 10.9 Å². The van der Waals surface area contributed by atoms with E-state index in [2.05, 4.69) is 74.2 Å². The summed E-state index contributed by atoms with van der Waals surface area (Å²) in [7, 11) is 0. The van der Waals surface area contributed by atoms with Crippen LogP contribution in [0.5, 0.6) is 0 Å². The smallest absolute Gasteiger partial charge is 0.0926 e. The molecule has 4 aromatic rings. The lowest BCUT2D eigenvalue weighted by molar-refractivity contribution is 0.198. The molecule has 142 valence electrons. The maximum atomic E-state index is 4.65. The molecule has 4 heterocycles. The minimum Gasteiger partial charge on any atom is -0.348 e. The number of benzene rings is 1. The predicted molar refractivity (Wildman–Crippen MR) is 106 cm³/mol. The summed E-state index contributed by atoms with van der Waals surface area (Å²) in [5, 5.41) is 4.64. The van der Waals surface area contributed by atoms with Gasteiger partial charge < -0.3 is 9.97 Å². The van der Waals surface area contributed by atoms with Crippen molar-refractivity contribution in [2.24, 2.45) is 0 Å². The fraction of sp³-hybridized carbons (Fsp3) is 0.286. The van der Waals surface area contributed by atoms with Crippen LogP contribution in [-0.2, 0) is 13.0 Å². The minimum atomic E-state index is 0.0599. The second-order valence-corrected chi connectivity index (χ2v) is 7.42. The number of aryl methyl sites for hydroxylation is 2. The second kappa shape index (κ2) is 6.76. The van der Waals surface area contributed by atoms with Gasteiger partial charge in [-0.3, -0.25) is 4.90 Å². The van der Waals surface area contributed by atoms with Gasteiger partial charge in [0.1, 0.15) is 0 Å². The van der Waals surface area contributed by atoms with Crippen LogP contribution in [-0.4, -0.2) is 41.2 Å². The van der Waals surface area contributed by atoms with Crippen molar-refractivity contribution >= 4 is 0 Å². The largest absolute Gasteiger partial charge is 0.348 e. The zero-order valence-corrected chi connectivity index (χ0v) is 16.1. The molecule has 1 aromatic carbocycles. The summed E-state index contributed by atoms with van der Waals surface area (Å²) in [6.45, 7) is 5.89. The molecule has 0 unspecified atom stereocenters. The monoisotopic (exact) mass is 373 g/mol. The van der Waals surface area contributed by atoms with Gasteiger partial charge in [0.25, 0.3) is 0 Å². The van der Waals surface area contributed by atoms with Crippen molar-refractivity contribution < 1.29 is 0 Å². The van der Waals surface area contributed by atoms with Crippen LogP contribution in [0.4, 0.5) is 0 Å². The van der Waals surface area contributed by atoms with Crippen molar-refractivity contribution in [3.63, 3.8) is 0 Å². The Labute approximate surface area is 163 Å². The van der Waals surface area contributed by atoms with Crippen LogP contribution < -0.4 is 0 Å². The van der Waals surface area contributed by atoms with Crippen molar-refractivity contribution in [3.8, 4) is 5.69 Å². The van der Waals surface area contributed by atoms with Gasteiger partial charge in [-0.05, 0) is 31.5 Å². The molecule has 7 nitrogen and oxygen atoms in total. The molecule has 0 aliphatic carbocycles. The summed E-state index contributed by atoms with van der Waals surface area (Å²) in [6.07, 6.45) is 8.60. The van der Waals surface area contributed by atoms with Gasteiger partial charge in [-0.15, -0.1) is 0 Å². The number of aromatic nitrogens is 6. The van der Waals surface area contributed by atoms with Gasteiger partial charge in [-0.25, -0.2) is 14.6 Å². The lowest BCUT2D eigenvalue weighted by Gasteiger charge is -2.34. The minimum absolute atomic E-state index is 0.0599. The Hall–Kier alpha value is -3.19. The van der Waals surface area contributed by atoms with Gasteiger partial charge in [0, 0.05) is 42.7 Å². The molecule has 0 radical (unpaired) electrons. The molecule has 0 fully saturated rings. The predicted octanol–water partition coefficient (Wildman–Crippen LogP) is 3.08. The van der Waals surface area contributed by atoms with E-state index < -0.39 is 0 Å². The molecule has 2 N–H and O–H groups in total. The van der Waals surface area contributed by atoms with Crippen LogP contribution in [0.2, 0.25) is 0 Å². The number of hydrogen-bond donors (Lipinski definition) is 2. The van der Waals surface area contributed by atoms with Gasteiger partial charge >= 0.3 is 0 Å². The van der Waals surface area contributed by atoms with Gasteiger partial charge in [-0.2, -0.15) is 5.10 Å². The highest BCUT2D eigenvalue weighted by molar-refractivity contribution is 5.37. The summed E-state index contributed by atoms with van der Waals surface area (Å²) in [5.41, 5.74) is 7.92. The Morgan fingerprint density at radius 1 is 1.14 bits per heavy atom. The molecule has 1 atom stereocenters. The molecule has 28 heavy (non-hydrogen) atoms. The van der Waals surface area contributed by atoms with E-state index in [1.54, 1.807) is 12.7 Å². The van der Waals surface area contributed by atoms with E-state index in [9.17, 15) is 0 Å². The standard InChI is InChI=1S/C21H23N7/c1-14-4-3-5-17(8-14)28-10-16(9-26-28)21-20-18(23-13-25-20)6-7-27(21)11-19-15(2)22-12-24-19/h3-5,8-10,12-13,21H,6-7,11H2,1-2H3,(H,22,24)(H,23,25)/t21-/m0/s1. The van der Waals surface area contributed by atoms with Crippen LogP contribution in [0, 0.1) is 13.8 Å². The molecule has 0 spiro atoms. The van der Waals surface area contributed by atoms with Crippen molar-refractivity contribution in [2.75, 3.05) is 6.54 Å². The van der Waals surface area contributed by atoms with Crippen LogP contribution in [0.15, 0.2) is 49.3 Å². The molecule has 0 saturated heterocycles. The fourth-order valence-electron chi connectivity index (χ4n) is 3.99. The van der Waals surface area contributed by atoms with Gasteiger partial charge in [0.15, 0.2) is 0 Å². The SMILES string of the molecule is Cc1cccc(-n2cc([C@H]3c4nc[nH]c4CCN3Cc3nc[nH]c3C)cn2)c1. The topological polar surface area (TPSA) is 78.4 Å². The lowest BCUT2D eigenvalue weighted by atomic mass is 9.97. The molecule has 0 amide bonds. The maximum absolute atomic E-state index is 4.65. The van der Waals surface area contributed by atoms with Crippen molar-refractivity contribution in [2.45, 2.75) is 32.9 Å². The third-order valence-electron chi connectivity index (χ3n) is 5.50. The molecule has 3 aromatic heterocycles. The van der Waals surface area contributed by atoms with E-state index in [1.165, 1.54) is 11.3 Å². The Bertz CT molecular complexity index is 1100. The van der Waals surface area contributed by atoms with E-state index >= 15 is 0 Å². The van der Waals surface area contributed by atoms with Gasteiger partial charge in [0.05, 0.1) is 42.0 Å². The first-order chi connectivity index (χ1) is 13.7. The number of imidazole rings is 2. The fourth-order valence-corrected chi connectivity index (χ4v) is 3.99. The number of fused-ring (bicyclic) bond motifs is 1. The number of nitrogens with one attached hydrogen (secondary N) is 2. The van der Waals surface area contributed by atoms with E-state index in [0.717, 1.165) is 47.8 Å².